The molecule has 1 aliphatic carbocycles. The highest BCUT2D eigenvalue weighted by Crippen LogP contribution is 2.46. The van der Waals surface area contributed by atoms with Gasteiger partial charge in [0.15, 0.2) is 5.78 Å². The average Bonchev–Trinajstić information content (AvgIpc) is 2.72. The van der Waals surface area contributed by atoms with Crippen molar-refractivity contribution in [3.05, 3.63) is 82.5 Å². The van der Waals surface area contributed by atoms with Crippen molar-refractivity contribution in [2.45, 2.75) is 39.5 Å². The molecular formula is C26H27FN2O3. The van der Waals surface area contributed by atoms with Gasteiger partial charge >= 0.3 is 0 Å². The molecule has 0 saturated carbocycles. The summed E-state index contributed by atoms with van der Waals surface area (Å²) in [5.41, 5.74) is 3.32. The first-order chi connectivity index (χ1) is 15.2. The van der Waals surface area contributed by atoms with Gasteiger partial charge in [0.2, 0.25) is 0 Å². The van der Waals surface area contributed by atoms with Crippen molar-refractivity contribution >= 4 is 17.4 Å². The van der Waals surface area contributed by atoms with Gasteiger partial charge in [0.25, 0.3) is 5.91 Å². The molecule has 1 unspecified atom stereocenters. The summed E-state index contributed by atoms with van der Waals surface area (Å²) in [6.07, 6.45) is 1.05. The van der Waals surface area contributed by atoms with E-state index >= 15 is 0 Å². The number of ether oxygens (including phenoxy) is 1. The third-order valence-corrected chi connectivity index (χ3v) is 6.02. The van der Waals surface area contributed by atoms with Crippen molar-refractivity contribution in [3.8, 4) is 5.75 Å². The molecule has 1 aliphatic heterocycles. The first kappa shape index (κ1) is 21.8. The van der Waals surface area contributed by atoms with Gasteiger partial charge in [-0.15, -0.1) is 0 Å². The van der Waals surface area contributed by atoms with Crippen LogP contribution in [0.25, 0.3) is 0 Å². The van der Waals surface area contributed by atoms with Crippen LogP contribution in [-0.2, 0) is 9.59 Å². The van der Waals surface area contributed by atoms with Crippen LogP contribution in [0.2, 0.25) is 0 Å². The Morgan fingerprint density at radius 3 is 2.62 bits per heavy atom. The molecule has 0 radical (unpaired) electrons. The summed E-state index contributed by atoms with van der Waals surface area (Å²) in [5.74, 6) is -0.916. The predicted molar refractivity (Wildman–Crippen MR) is 122 cm³/mol. The number of anilines is 1. The van der Waals surface area contributed by atoms with Crippen LogP contribution in [0.4, 0.5) is 10.1 Å². The second-order valence-corrected chi connectivity index (χ2v) is 9.14. The Kier molecular flexibility index (Phi) is 5.63. The number of nitrogens with one attached hydrogen (secondary N) is 2. The van der Waals surface area contributed by atoms with Crippen LogP contribution in [0.15, 0.2) is 71.1 Å². The highest BCUT2D eigenvalue weighted by Gasteiger charge is 2.42. The molecule has 0 bridgehead atoms. The van der Waals surface area contributed by atoms with Crippen LogP contribution in [0.1, 0.15) is 45.1 Å². The number of hydrogen-bond donors (Lipinski definition) is 2. The summed E-state index contributed by atoms with van der Waals surface area (Å²) in [7, 11) is 1.53. The van der Waals surface area contributed by atoms with Gasteiger partial charge in [-0.1, -0.05) is 38.1 Å². The van der Waals surface area contributed by atoms with E-state index in [2.05, 4.69) is 24.5 Å². The monoisotopic (exact) mass is 434 g/mol. The lowest BCUT2D eigenvalue weighted by atomic mass is 9.68. The van der Waals surface area contributed by atoms with Crippen LogP contribution >= 0.6 is 0 Å². The number of carbonyl (C=O) groups excluding carboxylic acids is 2. The molecule has 32 heavy (non-hydrogen) atoms. The van der Waals surface area contributed by atoms with Crippen LogP contribution < -0.4 is 15.4 Å². The van der Waals surface area contributed by atoms with E-state index in [1.807, 2.05) is 13.0 Å². The highest BCUT2D eigenvalue weighted by molar-refractivity contribution is 6.10. The Morgan fingerprint density at radius 2 is 1.91 bits per heavy atom. The predicted octanol–water partition coefficient (Wildman–Crippen LogP) is 5.08. The van der Waals surface area contributed by atoms with Crippen molar-refractivity contribution < 1.29 is 18.7 Å². The van der Waals surface area contributed by atoms with E-state index in [4.69, 9.17) is 4.74 Å². The zero-order valence-corrected chi connectivity index (χ0v) is 18.7. The Morgan fingerprint density at radius 1 is 1.16 bits per heavy atom. The maximum Gasteiger partial charge on any atom is 0.254 e. The standard InChI is InChI=1S/C26H27FN2O3/c1-15-22(25(31)29-18-10-5-6-11-21(18)32-4)23(16-8-7-9-17(27)12-16)24-19(28-15)13-26(2,3)14-20(24)30/h5-12,23,28H,13-14H2,1-4H3,(H,29,31). The Hall–Kier alpha value is -3.41. The second-order valence-electron chi connectivity index (χ2n) is 9.14. The summed E-state index contributed by atoms with van der Waals surface area (Å²) in [6.45, 7) is 5.92. The minimum Gasteiger partial charge on any atom is -0.495 e. The zero-order valence-electron chi connectivity index (χ0n) is 18.7. The van der Waals surface area contributed by atoms with Crippen molar-refractivity contribution in [2.24, 2.45) is 5.41 Å². The molecule has 2 aliphatic rings. The molecule has 0 spiro atoms. The number of methoxy groups -OCH3 is 1. The Balaban J connectivity index is 1.82. The van der Waals surface area contributed by atoms with Crippen LogP contribution in [0.5, 0.6) is 5.75 Å². The highest BCUT2D eigenvalue weighted by atomic mass is 19.1. The van der Waals surface area contributed by atoms with Crippen molar-refractivity contribution in [2.75, 3.05) is 12.4 Å². The Labute approximate surface area is 187 Å². The van der Waals surface area contributed by atoms with E-state index < -0.39 is 11.7 Å². The molecule has 1 atom stereocenters. The number of carbonyl (C=O) groups is 2. The lowest BCUT2D eigenvalue weighted by Crippen LogP contribution is -2.39. The quantitative estimate of drug-likeness (QED) is 0.705. The van der Waals surface area contributed by atoms with E-state index in [0.717, 1.165) is 5.70 Å². The summed E-state index contributed by atoms with van der Waals surface area (Å²) in [6, 6.07) is 13.3. The zero-order chi connectivity index (χ0) is 23.0. The third-order valence-electron chi connectivity index (χ3n) is 6.02. The van der Waals surface area contributed by atoms with Crippen molar-refractivity contribution in [1.82, 2.24) is 5.32 Å². The van der Waals surface area contributed by atoms with E-state index in [-0.39, 0.29) is 17.1 Å². The first-order valence-electron chi connectivity index (χ1n) is 10.6. The molecular weight excluding hydrogens is 407 g/mol. The topological polar surface area (TPSA) is 67.4 Å². The number of allylic oxidation sites excluding steroid dienone is 3. The van der Waals surface area contributed by atoms with E-state index in [9.17, 15) is 14.0 Å². The average molecular weight is 435 g/mol. The fourth-order valence-electron chi connectivity index (χ4n) is 4.69. The van der Waals surface area contributed by atoms with E-state index in [1.54, 1.807) is 30.3 Å². The molecule has 1 heterocycles. The van der Waals surface area contributed by atoms with Crippen molar-refractivity contribution in [1.29, 1.82) is 0 Å². The third kappa shape index (κ3) is 4.05. The fourth-order valence-corrected chi connectivity index (χ4v) is 4.69. The number of Topliss-reactive ketones (excluding diaryl/α,β-unsaturated/α-hetero) is 1. The molecule has 2 aromatic carbocycles. The van der Waals surface area contributed by atoms with Gasteiger partial charge in [0.1, 0.15) is 11.6 Å². The van der Waals surface area contributed by atoms with Crippen LogP contribution in [0, 0.1) is 11.2 Å². The van der Waals surface area contributed by atoms with Gasteiger partial charge < -0.3 is 15.4 Å². The maximum atomic E-state index is 14.2. The van der Waals surface area contributed by atoms with Gasteiger partial charge in [-0.2, -0.15) is 0 Å². The second kappa shape index (κ2) is 8.26. The number of amides is 1. The van der Waals surface area contributed by atoms with E-state index in [1.165, 1.54) is 19.2 Å². The summed E-state index contributed by atoms with van der Waals surface area (Å²) in [5, 5.41) is 6.23. The summed E-state index contributed by atoms with van der Waals surface area (Å²) in [4.78, 5) is 26.8. The number of benzene rings is 2. The Bertz CT molecular complexity index is 1160. The van der Waals surface area contributed by atoms with Crippen LogP contribution in [-0.4, -0.2) is 18.8 Å². The normalized spacial score (nSPS) is 19.9. The number of dihydropyridines is 1. The smallest absolute Gasteiger partial charge is 0.254 e. The fraction of sp³-hybridized carbons (Fsp3) is 0.308. The first-order valence-corrected chi connectivity index (χ1v) is 10.6. The molecule has 0 aromatic heterocycles. The van der Waals surface area contributed by atoms with E-state index in [0.29, 0.717) is 46.7 Å². The van der Waals surface area contributed by atoms with Gasteiger partial charge in [0.05, 0.1) is 12.8 Å². The molecule has 4 rings (SSSR count). The molecule has 5 nitrogen and oxygen atoms in total. The van der Waals surface area contributed by atoms with Gasteiger partial charge in [-0.05, 0) is 48.6 Å². The van der Waals surface area contributed by atoms with Gasteiger partial charge in [-0.25, -0.2) is 4.39 Å². The summed E-state index contributed by atoms with van der Waals surface area (Å²) < 4.78 is 19.5. The van der Waals surface area contributed by atoms with Gasteiger partial charge in [0, 0.05) is 34.9 Å². The molecule has 166 valence electrons. The SMILES string of the molecule is COc1ccccc1NC(=O)C1=C(C)NC2=C(C(=O)CC(C)(C)C2)C1c1cccc(F)c1. The molecule has 6 heteroatoms. The number of rotatable bonds is 4. The number of hydrogen-bond acceptors (Lipinski definition) is 4. The molecule has 2 N–H and O–H groups in total. The molecule has 1 amide bonds. The molecule has 2 aromatic rings. The van der Waals surface area contributed by atoms with Crippen molar-refractivity contribution in [3.63, 3.8) is 0 Å². The van der Waals surface area contributed by atoms with Crippen LogP contribution in [0.3, 0.4) is 0 Å². The number of para-hydroxylation sites is 2. The summed E-state index contributed by atoms with van der Waals surface area (Å²) >= 11 is 0. The minimum atomic E-state index is -0.653. The minimum absolute atomic E-state index is 0.0203. The maximum absolute atomic E-state index is 14.2. The lowest BCUT2D eigenvalue weighted by molar-refractivity contribution is -0.118. The number of halogens is 1. The van der Waals surface area contributed by atoms with Gasteiger partial charge in [-0.3, -0.25) is 9.59 Å². The largest absolute Gasteiger partial charge is 0.495 e. The number of ketones is 1. The lowest BCUT2D eigenvalue weighted by Gasteiger charge is -2.39. The molecule has 0 fully saturated rings. The molecule has 0 saturated heterocycles.